The zero-order chi connectivity index (χ0) is 29.1. The molecule has 0 saturated heterocycles. The van der Waals surface area contributed by atoms with Gasteiger partial charge in [0.25, 0.3) is 0 Å². The Bertz CT molecular complexity index is 1760. The number of hydrogen-bond acceptors (Lipinski definition) is 3. The highest BCUT2D eigenvalue weighted by molar-refractivity contribution is 5.97. The molecule has 2 aromatic carbocycles. The highest BCUT2D eigenvalue weighted by Crippen LogP contribution is 2.41. The first-order chi connectivity index (χ1) is 19.6. The number of halogens is 5. The molecule has 6 rings (SSSR count). The Labute approximate surface area is 233 Å². The minimum atomic E-state index is -4.70. The van der Waals surface area contributed by atoms with Gasteiger partial charge in [0, 0.05) is 53.9 Å². The molecule has 41 heavy (non-hydrogen) atoms. The molecule has 0 atom stereocenters. The van der Waals surface area contributed by atoms with Gasteiger partial charge in [-0.25, -0.2) is 18.4 Å². The molecule has 0 aliphatic carbocycles. The number of nitrogens with zero attached hydrogens (tertiary/aromatic N) is 4. The van der Waals surface area contributed by atoms with Crippen LogP contribution in [0.25, 0.3) is 27.8 Å². The van der Waals surface area contributed by atoms with E-state index in [1.807, 2.05) is 35.9 Å². The minimum Gasteiger partial charge on any atom is -0.361 e. The van der Waals surface area contributed by atoms with Crippen molar-refractivity contribution in [3.8, 4) is 16.9 Å². The second-order valence-corrected chi connectivity index (χ2v) is 10.3. The Morgan fingerprint density at radius 3 is 2.39 bits per heavy atom. The molecule has 0 bridgehead atoms. The standard InChI is InChI=1S/C31H28F5N5/c1-4-18-7-6-8-19(5-2)28(18)41-29(26-21-9-11-37-27(21)17(3)13-23(26)32)22-16-40(12-10-25(22)39-41)30-24(33)14-20(15-38-30)31(34,35)36/h6-9,11,13-15,37H,4-5,10,12,16H2,1-3H3. The summed E-state index contributed by atoms with van der Waals surface area (Å²) in [5, 5.41) is 5.71. The number of anilines is 1. The fraction of sp³-hybridized carbons (Fsp3) is 0.290. The summed E-state index contributed by atoms with van der Waals surface area (Å²) < 4.78 is 72.4. The van der Waals surface area contributed by atoms with E-state index in [9.17, 15) is 13.2 Å². The van der Waals surface area contributed by atoms with Crippen molar-refractivity contribution in [1.29, 1.82) is 0 Å². The van der Waals surface area contributed by atoms with E-state index in [0.717, 1.165) is 46.4 Å². The molecule has 212 valence electrons. The number of para-hydroxylation sites is 1. The Balaban J connectivity index is 1.59. The summed E-state index contributed by atoms with van der Waals surface area (Å²) in [7, 11) is 0. The minimum absolute atomic E-state index is 0.106. The molecule has 0 radical (unpaired) electrons. The molecule has 0 amide bonds. The van der Waals surface area contributed by atoms with Crippen LogP contribution >= 0.6 is 0 Å². The van der Waals surface area contributed by atoms with Crippen molar-refractivity contribution < 1.29 is 22.0 Å². The summed E-state index contributed by atoms with van der Waals surface area (Å²) in [5.41, 5.74) is 5.74. The molecule has 0 spiro atoms. The van der Waals surface area contributed by atoms with Gasteiger partial charge in [-0.3, -0.25) is 0 Å². The third-order valence-corrected chi connectivity index (χ3v) is 7.89. The maximum absolute atomic E-state index is 16.0. The van der Waals surface area contributed by atoms with Crippen molar-refractivity contribution in [3.05, 3.63) is 93.9 Å². The Kier molecular flexibility index (Phi) is 6.59. The molecular formula is C31H28F5N5. The van der Waals surface area contributed by atoms with Gasteiger partial charge >= 0.3 is 6.18 Å². The molecular weight excluding hydrogens is 537 g/mol. The van der Waals surface area contributed by atoms with Gasteiger partial charge in [-0.05, 0) is 54.7 Å². The van der Waals surface area contributed by atoms with Crippen molar-refractivity contribution in [2.24, 2.45) is 0 Å². The van der Waals surface area contributed by atoms with E-state index < -0.39 is 23.4 Å². The van der Waals surface area contributed by atoms with Crippen molar-refractivity contribution >= 4 is 16.7 Å². The van der Waals surface area contributed by atoms with Crippen LogP contribution in [0.3, 0.4) is 0 Å². The van der Waals surface area contributed by atoms with E-state index in [-0.39, 0.29) is 12.4 Å². The average molecular weight is 566 g/mol. The first kappa shape index (κ1) is 27.0. The number of alkyl halides is 3. The molecule has 0 saturated carbocycles. The predicted molar refractivity (Wildman–Crippen MR) is 148 cm³/mol. The number of aromatic amines is 1. The van der Waals surface area contributed by atoms with Crippen LogP contribution in [0.2, 0.25) is 0 Å². The highest BCUT2D eigenvalue weighted by Gasteiger charge is 2.34. The third kappa shape index (κ3) is 4.45. The average Bonchev–Trinajstić information content (AvgIpc) is 3.58. The van der Waals surface area contributed by atoms with Gasteiger partial charge in [0.15, 0.2) is 11.6 Å². The summed E-state index contributed by atoms with van der Waals surface area (Å²) in [6.07, 6.45) is -0.446. The van der Waals surface area contributed by atoms with E-state index in [4.69, 9.17) is 5.10 Å². The lowest BCUT2D eigenvalue weighted by molar-refractivity contribution is -0.138. The SMILES string of the molecule is CCc1cccc(CC)c1-n1nc2c(c1-c1c(F)cc(C)c3[nH]ccc13)CN(c1ncc(C(F)(F)F)cc1F)CC2. The van der Waals surface area contributed by atoms with Crippen LogP contribution in [-0.4, -0.2) is 26.3 Å². The number of benzene rings is 2. The van der Waals surface area contributed by atoms with Crippen LogP contribution in [0.4, 0.5) is 27.8 Å². The summed E-state index contributed by atoms with van der Waals surface area (Å²) in [6, 6.07) is 9.85. The maximum Gasteiger partial charge on any atom is 0.417 e. The van der Waals surface area contributed by atoms with Crippen LogP contribution < -0.4 is 4.90 Å². The first-order valence-electron chi connectivity index (χ1n) is 13.6. The summed E-state index contributed by atoms with van der Waals surface area (Å²) >= 11 is 0. The molecule has 4 heterocycles. The van der Waals surface area contributed by atoms with E-state index in [1.165, 1.54) is 6.07 Å². The number of nitrogens with one attached hydrogen (secondary N) is 1. The Morgan fingerprint density at radius 1 is 1.00 bits per heavy atom. The van der Waals surface area contributed by atoms with Crippen LogP contribution in [0.1, 0.15) is 47.4 Å². The normalized spacial score (nSPS) is 13.7. The van der Waals surface area contributed by atoms with E-state index in [0.29, 0.717) is 47.4 Å². The van der Waals surface area contributed by atoms with Gasteiger partial charge in [-0.1, -0.05) is 32.0 Å². The van der Waals surface area contributed by atoms with E-state index >= 15 is 8.78 Å². The largest absolute Gasteiger partial charge is 0.417 e. The number of aromatic nitrogens is 4. The quantitative estimate of drug-likeness (QED) is 0.222. The number of hydrogen-bond donors (Lipinski definition) is 1. The molecule has 0 unspecified atom stereocenters. The van der Waals surface area contributed by atoms with Crippen LogP contribution in [0.5, 0.6) is 0 Å². The predicted octanol–water partition coefficient (Wildman–Crippen LogP) is 7.71. The highest BCUT2D eigenvalue weighted by atomic mass is 19.4. The second kappa shape index (κ2) is 10.0. The van der Waals surface area contributed by atoms with Gasteiger partial charge in [0.2, 0.25) is 0 Å². The molecule has 1 N–H and O–H groups in total. The van der Waals surface area contributed by atoms with Crippen molar-refractivity contribution in [2.75, 3.05) is 11.4 Å². The monoisotopic (exact) mass is 565 g/mol. The summed E-state index contributed by atoms with van der Waals surface area (Å²) in [5.74, 6) is -1.65. The zero-order valence-corrected chi connectivity index (χ0v) is 22.8. The lowest BCUT2D eigenvalue weighted by Crippen LogP contribution is -2.32. The summed E-state index contributed by atoms with van der Waals surface area (Å²) in [4.78, 5) is 8.66. The number of fused-ring (bicyclic) bond motifs is 2. The fourth-order valence-electron chi connectivity index (χ4n) is 5.89. The van der Waals surface area contributed by atoms with Gasteiger partial charge in [-0.2, -0.15) is 18.3 Å². The van der Waals surface area contributed by atoms with Crippen LogP contribution in [0, 0.1) is 18.6 Å². The number of rotatable bonds is 5. The molecule has 10 heteroatoms. The number of aryl methyl sites for hydroxylation is 3. The Morgan fingerprint density at radius 2 is 1.73 bits per heavy atom. The Hall–Kier alpha value is -4.21. The topological polar surface area (TPSA) is 49.7 Å². The van der Waals surface area contributed by atoms with Crippen molar-refractivity contribution in [1.82, 2.24) is 19.7 Å². The molecule has 0 fully saturated rings. The molecule has 5 nitrogen and oxygen atoms in total. The molecule has 5 aromatic rings. The molecule has 1 aliphatic heterocycles. The van der Waals surface area contributed by atoms with Gasteiger partial charge in [-0.15, -0.1) is 0 Å². The molecule has 1 aliphatic rings. The second-order valence-electron chi connectivity index (χ2n) is 10.3. The van der Waals surface area contributed by atoms with Crippen LogP contribution in [-0.2, 0) is 32.0 Å². The van der Waals surface area contributed by atoms with Crippen molar-refractivity contribution in [2.45, 2.75) is 52.8 Å². The van der Waals surface area contributed by atoms with Crippen molar-refractivity contribution in [3.63, 3.8) is 0 Å². The van der Waals surface area contributed by atoms with E-state index in [2.05, 4.69) is 23.8 Å². The maximum atomic E-state index is 16.0. The number of H-pyrrole nitrogens is 1. The molecule has 3 aromatic heterocycles. The van der Waals surface area contributed by atoms with Gasteiger partial charge in [0.1, 0.15) is 5.82 Å². The van der Waals surface area contributed by atoms with Gasteiger partial charge < -0.3 is 9.88 Å². The lowest BCUT2D eigenvalue weighted by atomic mass is 9.95. The lowest BCUT2D eigenvalue weighted by Gasteiger charge is -2.28. The number of pyridine rings is 1. The van der Waals surface area contributed by atoms with Crippen LogP contribution in [0.15, 0.2) is 48.8 Å². The smallest absolute Gasteiger partial charge is 0.361 e. The fourth-order valence-corrected chi connectivity index (χ4v) is 5.89. The van der Waals surface area contributed by atoms with Gasteiger partial charge in [0.05, 0.1) is 22.6 Å². The summed E-state index contributed by atoms with van der Waals surface area (Å²) in [6.45, 7) is 6.35. The zero-order valence-electron chi connectivity index (χ0n) is 22.8. The third-order valence-electron chi connectivity index (χ3n) is 7.89. The first-order valence-corrected chi connectivity index (χ1v) is 13.6. The van der Waals surface area contributed by atoms with E-state index in [1.54, 1.807) is 11.1 Å².